The summed E-state index contributed by atoms with van der Waals surface area (Å²) in [5.41, 5.74) is 2.05. The number of hydrogen-bond acceptors (Lipinski definition) is 7. The van der Waals surface area contributed by atoms with Crippen LogP contribution in [0.2, 0.25) is 0 Å². The fraction of sp³-hybridized carbons (Fsp3) is 0.136. The molecule has 0 aliphatic carbocycles. The second kappa shape index (κ2) is 8.79. The second-order valence-corrected chi connectivity index (χ2v) is 7.22. The van der Waals surface area contributed by atoms with Crippen LogP contribution in [0.5, 0.6) is 11.5 Å². The molecule has 0 saturated heterocycles. The van der Waals surface area contributed by atoms with Gasteiger partial charge in [-0.05, 0) is 30.7 Å². The lowest BCUT2D eigenvalue weighted by molar-refractivity contribution is -0.111. The van der Waals surface area contributed by atoms with Crippen molar-refractivity contribution in [3.05, 3.63) is 65.0 Å². The van der Waals surface area contributed by atoms with Gasteiger partial charge in [-0.2, -0.15) is 0 Å². The molecule has 0 unspecified atom stereocenters. The second-order valence-electron chi connectivity index (χ2n) is 6.22. The van der Waals surface area contributed by atoms with Crippen molar-refractivity contribution in [2.24, 2.45) is 0 Å². The minimum Gasteiger partial charge on any atom is -0.462 e. The van der Waals surface area contributed by atoms with Gasteiger partial charge in [0.15, 0.2) is 16.6 Å². The summed E-state index contributed by atoms with van der Waals surface area (Å²) in [7, 11) is 0. The Balaban J connectivity index is 1.52. The van der Waals surface area contributed by atoms with E-state index in [4.69, 9.17) is 14.2 Å². The lowest BCUT2D eigenvalue weighted by Gasteiger charge is -2.01. The topological polar surface area (TPSA) is 86.8 Å². The number of fused-ring (bicyclic) bond motifs is 1. The molecule has 0 saturated carbocycles. The highest BCUT2D eigenvalue weighted by molar-refractivity contribution is 7.18. The van der Waals surface area contributed by atoms with Crippen LogP contribution in [-0.4, -0.2) is 30.3 Å². The van der Waals surface area contributed by atoms with Crippen LogP contribution in [0.25, 0.3) is 17.3 Å². The van der Waals surface area contributed by atoms with Crippen LogP contribution >= 0.6 is 11.3 Å². The van der Waals surface area contributed by atoms with E-state index in [9.17, 15) is 9.59 Å². The number of anilines is 1. The smallest absolute Gasteiger partial charge is 0.350 e. The number of nitrogens with zero attached hydrogens (tertiary/aromatic N) is 1. The molecule has 1 amide bonds. The van der Waals surface area contributed by atoms with Gasteiger partial charge >= 0.3 is 5.97 Å². The summed E-state index contributed by atoms with van der Waals surface area (Å²) in [5, 5.41) is 3.03. The number of esters is 1. The van der Waals surface area contributed by atoms with E-state index in [2.05, 4.69) is 10.3 Å². The first-order chi connectivity index (χ1) is 14.6. The third-order valence-corrected chi connectivity index (χ3v) is 5.14. The first kappa shape index (κ1) is 19.7. The highest BCUT2D eigenvalue weighted by Gasteiger charge is 2.21. The number of rotatable bonds is 6. The summed E-state index contributed by atoms with van der Waals surface area (Å²) in [5.74, 6) is 0.491. The number of aromatic nitrogens is 1. The molecule has 1 aliphatic rings. The molecule has 0 spiro atoms. The van der Waals surface area contributed by atoms with Crippen LogP contribution in [0.4, 0.5) is 5.13 Å². The highest BCUT2D eigenvalue weighted by atomic mass is 32.1. The van der Waals surface area contributed by atoms with Gasteiger partial charge in [-0.1, -0.05) is 47.7 Å². The van der Waals surface area contributed by atoms with Crippen molar-refractivity contribution in [1.29, 1.82) is 0 Å². The van der Waals surface area contributed by atoms with Crippen molar-refractivity contribution in [3.63, 3.8) is 0 Å². The number of thiazole rings is 1. The number of carbonyl (C=O) groups is 2. The quantitative estimate of drug-likeness (QED) is 0.469. The average molecular weight is 422 g/mol. The first-order valence-electron chi connectivity index (χ1n) is 9.26. The molecule has 7 nitrogen and oxygen atoms in total. The summed E-state index contributed by atoms with van der Waals surface area (Å²) in [4.78, 5) is 29.5. The molecule has 152 valence electrons. The van der Waals surface area contributed by atoms with Gasteiger partial charge in [-0.3, -0.25) is 10.1 Å². The molecule has 3 aromatic rings. The molecular formula is C22H18N2O5S. The third kappa shape index (κ3) is 4.33. The Morgan fingerprint density at radius 1 is 1.17 bits per heavy atom. The molecule has 2 aromatic carbocycles. The van der Waals surface area contributed by atoms with Gasteiger partial charge in [0.1, 0.15) is 4.88 Å². The molecule has 8 heteroatoms. The van der Waals surface area contributed by atoms with E-state index < -0.39 is 5.97 Å². The van der Waals surface area contributed by atoms with E-state index in [1.165, 1.54) is 6.08 Å². The number of carbonyl (C=O) groups excluding carboxylic acids is 2. The van der Waals surface area contributed by atoms with Crippen LogP contribution in [0.3, 0.4) is 0 Å². The summed E-state index contributed by atoms with van der Waals surface area (Å²) in [6.07, 6.45) is 3.06. The lowest BCUT2D eigenvalue weighted by atomic mass is 10.1. The van der Waals surface area contributed by atoms with Gasteiger partial charge in [-0.25, -0.2) is 9.78 Å². The largest absolute Gasteiger partial charge is 0.462 e. The maximum atomic E-state index is 12.4. The van der Waals surface area contributed by atoms with Crippen molar-refractivity contribution in [1.82, 2.24) is 4.98 Å². The predicted molar refractivity (Wildman–Crippen MR) is 114 cm³/mol. The van der Waals surface area contributed by atoms with E-state index in [0.29, 0.717) is 27.2 Å². The zero-order valence-electron chi connectivity index (χ0n) is 16.1. The summed E-state index contributed by atoms with van der Waals surface area (Å²) in [6.45, 7) is 2.19. The molecule has 0 bridgehead atoms. The predicted octanol–water partition coefficient (Wildman–Crippen LogP) is 4.37. The molecule has 0 radical (unpaired) electrons. The Morgan fingerprint density at radius 3 is 2.77 bits per heavy atom. The molecule has 0 fully saturated rings. The van der Waals surface area contributed by atoms with Crippen LogP contribution in [0, 0.1) is 0 Å². The van der Waals surface area contributed by atoms with Crippen molar-refractivity contribution in [3.8, 4) is 22.8 Å². The summed E-state index contributed by atoms with van der Waals surface area (Å²) in [6, 6.07) is 14.7. The molecule has 30 heavy (non-hydrogen) atoms. The van der Waals surface area contributed by atoms with Gasteiger partial charge in [0.25, 0.3) is 0 Å². The Hall–Kier alpha value is -3.65. The molecule has 1 aliphatic heterocycles. The standard InChI is InChI=1S/C22H18N2O5S/c1-2-27-21(26)20-19(15-6-4-3-5-7-15)24-22(30-20)23-18(25)11-9-14-8-10-16-17(12-14)29-13-28-16/h3-12H,2,13H2,1H3,(H,23,24,25)/b11-9+. The Labute approximate surface area is 176 Å². The Kier molecular flexibility index (Phi) is 5.76. The van der Waals surface area contributed by atoms with E-state index in [0.717, 1.165) is 22.5 Å². The van der Waals surface area contributed by atoms with Crippen molar-refractivity contribution in [2.45, 2.75) is 6.92 Å². The number of benzene rings is 2. The number of nitrogens with one attached hydrogen (secondary N) is 1. The Morgan fingerprint density at radius 2 is 1.97 bits per heavy atom. The number of hydrogen-bond donors (Lipinski definition) is 1. The fourth-order valence-electron chi connectivity index (χ4n) is 2.84. The minimum absolute atomic E-state index is 0.194. The van der Waals surface area contributed by atoms with E-state index in [1.54, 1.807) is 25.1 Å². The van der Waals surface area contributed by atoms with Crippen molar-refractivity contribution in [2.75, 3.05) is 18.7 Å². The van der Waals surface area contributed by atoms with Crippen molar-refractivity contribution < 1.29 is 23.8 Å². The third-order valence-electron chi connectivity index (χ3n) is 4.19. The molecular weight excluding hydrogens is 404 g/mol. The molecule has 0 atom stereocenters. The SMILES string of the molecule is CCOC(=O)c1sc(NC(=O)/C=C/c2ccc3c(c2)OCO3)nc1-c1ccccc1. The average Bonchev–Trinajstić information content (AvgIpc) is 3.39. The number of amides is 1. The van der Waals surface area contributed by atoms with Crippen LogP contribution < -0.4 is 14.8 Å². The van der Waals surface area contributed by atoms with Crippen LogP contribution in [-0.2, 0) is 9.53 Å². The van der Waals surface area contributed by atoms with Gasteiger partial charge < -0.3 is 14.2 Å². The van der Waals surface area contributed by atoms with Crippen molar-refractivity contribution >= 4 is 34.4 Å². The normalized spacial score (nSPS) is 12.2. The highest BCUT2D eigenvalue weighted by Crippen LogP contribution is 2.33. The van der Waals surface area contributed by atoms with Gasteiger partial charge in [0.05, 0.1) is 12.3 Å². The van der Waals surface area contributed by atoms with E-state index in [-0.39, 0.29) is 19.3 Å². The molecule has 1 N–H and O–H groups in total. The Bertz CT molecular complexity index is 1110. The van der Waals surface area contributed by atoms with Crippen LogP contribution in [0.15, 0.2) is 54.6 Å². The monoisotopic (exact) mass is 422 g/mol. The lowest BCUT2D eigenvalue weighted by Crippen LogP contribution is -2.07. The van der Waals surface area contributed by atoms with E-state index in [1.807, 2.05) is 36.4 Å². The maximum Gasteiger partial charge on any atom is 0.350 e. The molecule has 1 aromatic heterocycles. The van der Waals surface area contributed by atoms with Gasteiger partial charge in [-0.15, -0.1) is 0 Å². The zero-order valence-corrected chi connectivity index (χ0v) is 16.9. The fourth-order valence-corrected chi connectivity index (χ4v) is 3.72. The minimum atomic E-state index is -0.467. The van der Waals surface area contributed by atoms with Gasteiger partial charge in [0, 0.05) is 11.6 Å². The maximum absolute atomic E-state index is 12.4. The van der Waals surface area contributed by atoms with E-state index >= 15 is 0 Å². The zero-order chi connectivity index (χ0) is 20.9. The summed E-state index contributed by atoms with van der Waals surface area (Å²) < 4.78 is 15.7. The summed E-state index contributed by atoms with van der Waals surface area (Å²) >= 11 is 1.08. The van der Waals surface area contributed by atoms with Crippen LogP contribution in [0.1, 0.15) is 22.2 Å². The molecule has 4 rings (SSSR count). The molecule has 2 heterocycles. The number of ether oxygens (including phenoxy) is 3. The van der Waals surface area contributed by atoms with Gasteiger partial charge in [0.2, 0.25) is 12.7 Å². The first-order valence-corrected chi connectivity index (χ1v) is 10.1.